The second kappa shape index (κ2) is 7.67. The van der Waals surface area contributed by atoms with Crippen LogP contribution in [0.25, 0.3) is 0 Å². The number of thioether (sulfide) groups is 1. The summed E-state index contributed by atoms with van der Waals surface area (Å²) >= 11 is 1.57. The van der Waals surface area contributed by atoms with Crippen LogP contribution in [-0.4, -0.2) is 32.5 Å². The van der Waals surface area contributed by atoms with Crippen LogP contribution in [0, 0.1) is 0 Å². The van der Waals surface area contributed by atoms with Crippen molar-refractivity contribution in [3.8, 4) is 11.5 Å². The summed E-state index contributed by atoms with van der Waals surface area (Å²) in [5.41, 5.74) is 1.11. The number of nitrogens with one attached hydrogen (secondary N) is 1. The lowest BCUT2D eigenvalue weighted by Gasteiger charge is -2.28. The molecule has 1 fully saturated rings. The summed E-state index contributed by atoms with van der Waals surface area (Å²) in [4.78, 5) is 4.48. The first kappa shape index (κ1) is 19.1. The van der Waals surface area contributed by atoms with Gasteiger partial charge in [0.05, 0.1) is 17.9 Å². The fourth-order valence-electron chi connectivity index (χ4n) is 3.02. The van der Waals surface area contributed by atoms with Crippen LogP contribution in [0.3, 0.4) is 0 Å². The van der Waals surface area contributed by atoms with Gasteiger partial charge in [-0.25, -0.2) is 0 Å². The summed E-state index contributed by atoms with van der Waals surface area (Å²) in [6, 6.07) is 11.0. The van der Waals surface area contributed by atoms with E-state index < -0.39 is 11.7 Å². The Balaban J connectivity index is 1.46. The third-order valence-corrected chi connectivity index (χ3v) is 6.05. The van der Waals surface area contributed by atoms with E-state index in [0.717, 1.165) is 36.3 Å². The average molecular weight is 408 g/mol. The topological polar surface area (TPSA) is 42.9 Å². The third-order valence-electron chi connectivity index (χ3n) is 4.71. The standard InChI is InChI=1S/C20H19F3N2O2S/c1-26-17-8-13(4-7-16(17)27-15-9-24-10-15)18-11-25-19(28-18)12-2-5-14(6-3-12)20(21,22)23/h2-8,11,15,18-19,24H,9-10H2,1H3. The van der Waals surface area contributed by atoms with Crippen molar-refractivity contribution in [3.63, 3.8) is 0 Å². The molecule has 2 aliphatic rings. The van der Waals surface area contributed by atoms with Gasteiger partial charge in [0, 0.05) is 19.3 Å². The largest absolute Gasteiger partial charge is 0.493 e. The first-order chi connectivity index (χ1) is 13.4. The third kappa shape index (κ3) is 3.98. The molecule has 2 atom stereocenters. The molecule has 1 N–H and O–H groups in total. The molecular weight excluding hydrogens is 389 g/mol. The van der Waals surface area contributed by atoms with Crippen LogP contribution in [0.2, 0.25) is 0 Å². The molecule has 28 heavy (non-hydrogen) atoms. The number of methoxy groups -OCH3 is 1. The van der Waals surface area contributed by atoms with Crippen molar-refractivity contribution in [2.24, 2.45) is 4.99 Å². The first-order valence-electron chi connectivity index (χ1n) is 8.85. The monoisotopic (exact) mass is 408 g/mol. The minimum atomic E-state index is -4.33. The summed E-state index contributed by atoms with van der Waals surface area (Å²) in [6.07, 6.45) is -2.34. The van der Waals surface area contributed by atoms with Gasteiger partial charge in [-0.05, 0) is 35.4 Å². The first-order valence-corrected chi connectivity index (χ1v) is 9.79. The normalized spacial score (nSPS) is 22.1. The molecule has 2 heterocycles. The molecule has 0 bridgehead atoms. The van der Waals surface area contributed by atoms with Crippen molar-refractivity contribution in [3.05, 3.63) is 59.2 Å². The van der Waals surface area contributed by atoms with Gasteiger partial charge >= 0.3 is 6.18 Å². The van der Waals surface area contributed by atoms with Gasteiger partial charge in [-0.2, -0.15) is 13.2 Å². The van der Waals surface area contributed by atoms with E-state index in [1.807, 2.05) is 24.4 Å². The molecular formula is C20H19F3N2O2S. The van der Waals surface area contributed by atoms with Crippen molar-refractivity contribution in [2.75, 3.05) is 20.2 Å². The van der Waals surface area contributed by atoms with Crippen LogP contribution in [0.15, 0.2) is 47.5 Å². The molecule has 0 radical (unpaired) electrons. The van der Waals surface area contributed by atoms with E-state index in [-0.39, 0.29) is 16.7 Å². The van der Waals surface area contributed by atoms with Crippen LogP contribution in [0.5, 0.6) is 11.5 Å². The summed E-state index contributed by atoms with van der Waals surface area (Å²) in [6.45, 7) is 1.65. The maximum absolute atomic E-state index is 12.7. The van der Waals surface area contributed by atoms with E-state index in [1.165, 1.54) is 12.1 Å². The molecule has 1 saturated heterocycles. The number of nitrogens with zero attached hydrogens (tertiary/aromatic N) is 1. The van der Waals surface area contributed by atoms with Gasteiger partial charge in [0.15, 0.2) is 11.5 Å². The lowest BCUT2D eigenvalue weighted by molar-refractivity contribution is -0.137. The number of rotatable bonds is 5. The minimum Gasteiger partial charge on any atom is -0.493 e. The zero-order valence-electron chi connectivity index (χ0n) is 15.1. The summed E-state index contributed by atoms with van der Waals surface area (Å²) in [5.74, 6) is 1.37. The van der Waals surface area contributed by atoms with Crippen LogP contribution >= 0.6 is 11.8 Å². The quantitative estimate of drug-likeness (QED) is 0.784. The van der Waals surface area contributed by atoms with E-state index in [1.54, 1.807) is 18.9 Å². The van der Waals surface area contributed by atoms with Crippen molar-refractivity contribution in [1.29, 1.82) is 0 Å². The van der Waals surface area contributed by atoms with E-state index in [0.29, 0.717) is 11.5 Å². The summed E-state index contributed by atoms with van der Waals surface area (Å²) in [7, 11) is 1.60. The zero-order chi connectivity index (χ0) is 19.7. The van der Waals surface area contributed by atoms with Gasteiger partial charge in [0.2, 0.25) is 0 Å². The van der Waals surface area contributed by atoms with Crippen LogP contribution in [0.1, 0.15) is 27.3 Å². The highest BCUT2D eigenvalue weighted by Gasteiger charge is 2.31. The van der Waals surface area contributed by atoms with Gasteiger partial charge in [0.25, 0.3) is 0 Å². The maximum atomic E-state index is 12.7. The highest BCUT2D eigenvalue weighted by Crippen LogP contribution is 2.47. The number of halogens is 3. The molecule has 4 nitrogen and oxygen atoms in total. The smallest absolute Gasteiger partial charge is 0.416 e. The molecule has 0 aliphatic carbocycles. The second-order valence-corrected chi connectivity index (χ2v) is 7.86. The Bertz CT molecular complexity index is 867. The SMILES string of the molecule is COc1cc(C2C=NC(c3ccc(C(F)(F)F)cc3)S2)ccc1OC1CNC1. The Kier molecular flexibility index (Phi) is 5.25. The number of ether oxygens (including phenoxy) is 2. The molecule has 4 rings (SSSR count). The molecule has 2 aliphatic heterocycles. The summed E-state index contributed by atoms with van der Waals surface area (Å²) in [5, 5.41) is 2.93. The van der Waals surface area contributed by atoms with Crippen LogP contribution in [-0.2, 0) is 6.18 Å². The lowest BCUT2D eigenvalue weighted by Crippen LogP contribution is -2.50. The molecule has 2 aromatic carbocycles. The van der Waals surface area contributed by atoms with Crippen LogP contribution < -0.4 is 14.8 Å². The fraction of sp³-hybridized carbons (Fsp3) is 0.350. The predicted octanol–water partition coefficient (Wildman–Crippen LogP) is 4.62. The van der Waals surface area contributed by atoms with E-state index in [4.69, 9.17) is 9.47 Å². The van der Waals surface area contributed by atoms with Gasteiger partial charge in [-0.15, -0.1) is 11.8 Å². The number of aliphatic imine (C=N–C) groups is 1. The Morgan fingerprint density at radius 3 is 2.36 bits per heavy atom. The Hall–Kier alpha value is -2.19. The number of benzene rings is 2. The molecule has 2 unspecified atom stereocenters. The molecule has 2 aromatic rings. The van der Waals surface area contributed by atoms with Crippen molar-refractivity contribution >= 4 is 18.0 Å². The molecule has 0 saturated carbocycles. The molecule has 0 spiro atoms. The number of alkyl halides is 3. The van der Waals surface area contributed by atoms with E-state index in [2.05, 4.69) is 10.3 Å². The van der Waals surface area contributed by atoms with Gasteiger partial charge in [0.1, 0.15) is 11.5 Å². The number of hydrogen-bond acceptors (Lipinski definition) is 5. The van der Waals surface area contributed by atoms with Crippen molar-refractivity contribution in [1.82, 2.24) is 5.32 Å². The minimum absolute atomic E-state index is 0.000567. The average Bonchev–Trinajstić information content (AvgIpc) is 3.14. The molecule has 8 heteroatoms. The van der Waals surface area contributed by atoms with Crippen molar-refractivity contribution in [2.45, 2.75) is 22.9 Å². The van der Waals surface area contributed by atoms with Crippen molar-refractivity contribution < 1.29 is 22.6 Å². The maximum Gasteiger partial charge on any atom is 0.416 e. The molecule has 0 amide bonds. The summed E-state index contributed by atoms with van der Waals surface area (Å²) < 4.78 is 49.6. The van der Waals surface area contributed by atoms with E-state index >= 15 is 0 Å². The molecule has 0 aromatic heterocycles. The Morgan fingerprint density at radius 2 is 1.75 bits per heavy atom. The van der Waals surface area contributed by atoms with Crippen LogP contribution in [0.4, 0.5) is 13.2 Å². The van der Waals surface area contributed by atoms with Gasteiger partial charge in [-0.3, -0.25) is 4.99 Å². The second-order valence-electron chi connectivity index (χ2n) is 6.64. The Morgan fingerprint density at radius 1 is 1.04 bits per heavy atom. The molecule has 148 valence electrons. The van der Waals surface area contributed by atoms with Gasteiger partial charge in [-0.1, -0.05) is 18.2 Å². The van der Waals surface area contributed by atoms with Gasteiger partial charge < -0.3 is 14.8 Å². The lowest BCUT2D eigenvalue weighted by atomic mass is 10.1. The predicted molar refractivity (Wildman–Crippen MR) is 103 cm³/mol. The fourth-order valence-corrected chi connectivity index (χ4v) is 4.19. The number of hydrogen-bond donors (Lipinski definition) is 1. The Labute approximate surface area is 165 Å². The van der Waals surface area contributed by atoms with E-state index in [9.17, 15) is 13.2 Å². The zero-order valence-corrected chi connectivity index (χ0v) is 15.9. The highest BCUT2D eigenvalue weighted by molar-refractivity contribution is 8.00. The highest BCUT2D eigenvalue weighted by atomic mass is 32.2.